The van der Waals surface area contributed by atoms with Gasteiger partial charge in [-0.25, -0.2) is 4.99 Å². The standard InChI is InChI=1S/C26H30N4O2/c1-4-5-16-32-24-10-7-22(8-11-24)25(31)30-26(28-18-21-12-14-27-15-13-21)29-23-9-6-19(2)20(3)17-23/h6-15,17H,4-5,16,18H2,1-3H3,(H2,28,29,30,31). The van der Waals surface area contributed by atoms with Gasteiger partial charge < -0.3 is 10.1 Å². The monoisotopic (exact) mass is 430 g/mol. The molecule has 0 atom stereocenters. The summed E-state index contributed by atoms with van der Waals surface area (Å²) >= 11 is 0. The Labute approximate surface area is 189 Å². The molecule has 0 saturated heterocycles. The van der Waals surface area contributed by atoms with Crippen LogP contribution in [-0.4, -0.2) is 23.5 Å². The second-order valence-corrected chi connectivity index (χ2v) is 7.62. The Bertz CT molecular complexity index is 1050. The van der Waals surface area contributed by atoms with E-state index >= 15 is 0 Å². The summed E-state index contributed by atoms with van der Waals surface area (Å²) in [4.78, 5) is 21.5. The Kier molecular flexibility index (Phi) is 8.37. The summed E-state index contributed by atoms with van der Waals surface area (Å²) in [6.07, 6.45) is 5.54. The number of hydrogen-bond acceptors (Lipinski definition) is 4. The first kappa shape index (κ1) is 23.0. The van der Waals surface area contributed by atoms with E-state index in [1.165, 1.54) is 5.56 Å². The van der Waals surface area contributed by atoms with Crippen molar-refractivity contribution in [1.82, 2.24) is 10.3 Å². The highest BCUT2D eigenvalue weighted by Gasteiger charge is 2.10. The van der Waals surface area contributed by atoms with Gasteiger partial charge in [-0.05, 0) is 85.5 Å². The molecular formula is C26H30N4O2. The molecule has 0 aliphatic rings. The molecular weight excluding hydrogens is 400 g/mol. The number of carbonyl (C=O) groups is 1. The Morgan fingerprint density at radius 2 is 1.75 bits per heavy atom. The summed E-state index contributed by atoms with van der Waals surface area (Å²) in [5.41, 5.74) is 4.76. The smallest absolute Gasteiger partial charge is 0.257 e. The molecule has 2 N–H and O–H groups in total. The number of aromatic nitrogens is 1. The van der Waals surface area contributed by atoms with Crippen LogP contribution in [0.1, 0.15) is 46.8 Å². The van der Waals surface area contributed by atoms with Crippen LogP contribution in [-0.2, 0) is 6.54 Å². The van der Waals surface area contributed by atoms with Crippen LogP contribution < -0.4 is 15.4 Å². The quantitative estimate of drug-likeness (QED) is 0.290. The Hall–Kier alpha value is -3.67. The minimum absolute atomic E-state index is 0.241. The predicted octanol–water partition coefficient (Wildman–Crippen LogP) is 5.28. The van der Waals surface area contributed by atoms with Crippen LogP contribution in [0.5, 0.6) is 5.75 Å². The van der Waals surface area contributed by atoms with Crippen LogP contribution in [0.2, 0.25) is 0 Å². The highest BCUT2D eigenvalue weighted by molar-refractivity contribution is 6.10. The predicted molar refractivity (Wildman–Crippen MR) is 129 cm³/mol. The molecule has 0 unspecified atom stereocenters. The zero-order valence-corrected chi connectivity index (χ0v) is 18.9. The van der Waals surface area contributed by atoms with Gasteiger partial charge in [0.1, 0.15) is 5.75 Å². The normalized spacial score (nSPS) is 11.2. The van der Waals surface area contributed by atoms with E-state index in [9.17, 15) is 4.79 Å². The lowest BCUT2D eigenvalue weighted by atomic mass is 10.1. The summed E-state index contributed by atoms with van der Waals surface area (Å²) in [7, 11) is 0. The van der Waals surface area contributed by atoms with E-state index < -0.39 is 0 Å². The van der Waals surface area contributed by atoms with Crippen LogP contribution >= 0.6 is 0 Å². The molecule has 6 nitrogen and oxygen atoms in total. The minimum Gasteiger partial charge on any atom is -0.494 e. The van der Waals surface area contributed by atoms with Crippen molar-refractivity contribution in [2.75, 3.05) is 11.9 Å². The summed E-state index contributed by atoms with van der Waals surface area (Å²) in [6, 6.07) is 17.0. The van der Waals surface area contributed by atoms with Gasteiger partial charge in [0, 0.05) is 23.6 Å². The first-order chi connectivity index (χ1) is 15.5. The van der Waals surface area contributed by atoms with E-state index in [4.69, 9.17) is 4.74 Å². The van der Waals surface area contributed by atoms with Gasteiger partial charge in [-0.15, -0.1) is 0 Å². The molecule has 0 saturated carbocycles. The number of anilines is 1. The van der Waals surface area contributed by atoms with Gasteiger partial charge in [-0.2, -0.15) is 0 Å². The third-order valence-electron chi connectivity index (χ3n) is 5.05. The molecule has 166 valence electrons. The van der Waals surface area contributed by atoms with E-state index in [1.54, 1.807) is 24.5 Å². The van der Waals surface area contributed by atoms with Crippen LogP contribution in [0.15, 0.2) is 72.0 Å². The number of nitrogens with one attached hydrogen (secondary N) is 2. The molecule has 0 bridgehead atoms. The highest BCUT2D eigenvalue weighted by atomic mass is 16.5. The van der Waals surface area contributed by atoms with Crippen molar-refractivity contribution in [3.63, 3.8) is 0 Å². The van der Waals surface area contributed by atoms with E-state index in [0.717, 1.165) is 35.4 Å². The average Bonchev–Trinajstić information content (AvgIpc) is 2.81. The molecule has 6 heteroatoms. The third kappa shape index (κ3) is 6.94. The van der Waals surface area contributed by atoms with Gasteiger partial charge in [0.2, 0.25) is 5.96 Å². The molecule has 1 heterocycles. The van der Waals surface area contributed by atoms with E-state index in [0.29, 0.717) is 24.7 Å². The molecule has 1 aromatic heterocycles. The fourth-order valence-corrected chi connectivity index (χ4v) is 2.94. The maximum Gasteiger partial charge on any atom is 0.257 e. The van der Waals surface area contributed by atoms with Crippen LogP contribution in [0.25, 0.3) is 0 Å². The van der Waals surface area contributed by atoms with Crippen molar-refractivity contribution in [3.8, 4) is 5.75 Å². The van der Waals surface area contributed by atoms with Gasteiger partial charge in [-0.3, -0.25) is 15.1 Å². The molecule has 3 aromatic rings. The molecule has 32 heavy (non-hydrogen) atoms. The summed E-state index contributed by atoms with van der Waals surface area (Å²) in [6.45, 7) is 7.33. The molecule has 0 fully saturated rings. The van der Waals surface area contributed by atoms with Crippen LogP contribution in [0, 0.1) is 13.8 Å². The van der Waals surface area contributed by atoms with Gasteiger partial charge >= 0.3 is 0 Å². The fourth-order valence-electron chi connectivity index (χ4n) is 2.94. The van der Waals surface area contributed by atoms with Gasteiger partial charge in [0.25, 0.3) is 5.91 Å². The molecule has 1 amide bonds. The Morgan fingerprint density at radius 1 is 1.00 bits per heavy atom. The van der Waals surface area contributed by atoms with Crippen molar-refractivity contribution < 1.29 is 9.53 Å². The number of pyridine rings is 1. The molecule has 0 radical (unpaired) electrons. The maximum atomic E-state index is 12.9. The zero-order valence-electron chi connectivity index (χ0n) is 18.9. The van der Waals surface area contributed by atoms with Gasteiger partial charge in [0.15, 0.2) is 0 Å². The van der Waals surface area contributed by atoms with E-state index in [1.807, 2.05) is 42.5 Å². The minimum atomic E-state index is -0.241. The first-order valence-corrected chi connectivity index (χ1v) is 10.9. The van der Waals surface area contributed by atoms with Crippen molar-refractivity contribution >= 4 is 17.6 Å². The number of hydrogen-bond donors (Lipinski definition) is 2. The molecule has 0 aliphatic carbocycles. The SMILES string of the molecule is CCCCOc1ccc(C(=O)NC(=NCc2ccncc2)Nc2ccc(C)c(C)c2)cc1. The number of unbranched alkanes of at least 4 members (excludes halogenated alkanes) is 1. The third-order valence-corrected chi connectivity index (χ3v) is 5.05. The van der Waals surface area contributed by atoms with Crippen molar-refractivity contribution in [2.24, 2.45) is 4.99 Å². The van der Waals surface area contributed by atoms with E-state index in [2.05, 4.69) is 41.4 Å². The lowest BCUT2D eigenvalue weighted by molar-refractivity contribution is 0.0977. The Morgan fingerprint density at radius 3 is 2.44 bits per heavy atom. The second kappa shape index (κ2) is 11.6. The van der Waals surface area contributed by atoms with E-state index in [-0.39, 0.29) is 5.91 Å². The zero-order chi connectivity index (χ0) is 22.8. The number of rotatable bonds is 8. The number of aliphatic imine (C=N–C) groups is 1. The fraction of sp³-hybridized carbons (Fsp3) is 0.269. The number of amides is 1. The lowest BCUT2D eigenvalue weighted by Gasteiger charge is -2.13. The van der Waals surface area contributed by atoms with Crippen molar-refractivity contribution in [3.05, 3.63) is 89.2 Å². The number of aryl methyl sites for hydroxylation is 2. The van der Waals surface area contributed by atoms with Crippen molar-refractivity contribution in [1.29, 1.82) is 0 Å². The van der Waals surface area contributed by atoms with Crippen LogP contribution in [0.3, 0.4) is 0 Å². The number of benzene rings is 2. The summed E-state index contributed by atoms with van der Waals surface area (Å²) < 4.78 is 5.68. The maximum absolute atomic E-state index is 12.9. The number of nitrogens with zero attached hydrogens (tertiary/aromatic N) is 2. The average molecular weight is 431 g/mol. The van der Waals surface area contributed by atoms with Gasteiger partial charge in [0.05, 0.1) is 13.2 Å². The highest BCUT2D eigenvalue weighted by Crippen LogP contribution is 2.15. The number of guanidine groups is 1. The van der Waals surface area contributed by atoms with Crippen LogP contribution in [0.4, 0.5) is 5.69 Å². The van der Waals surface area contributed by atoms with Gasteiger partial charge in [-0.1, -0.05) is 19.4 Å². The summed E-state index contributed by atoms with van der Waals surface area (Å²) in [5, 5.41) is 6.14. The second-order valence-electron chi connectivity index (χ2n) is 7.62. The molecule has 0 aliphatic heterocycles. The number of carbonyl (C=O) groups excluding carboxylic acids is 1. The lowest BCUT2D eigenvalue weighted by Crippen LogP contribution is -2.36. The summed E-state index contributed by atoms with van der Waals surface area (Å²) in [5.74, 6) is 0.906. The molecule has 3 rings (SSSR count). The topological polar surface area (TPSA) is 75.6 Å². The Balaban J connectivity index is 1.73. The number of ether oxygens (including phenoxy) is 1. The molecule has 2 aromatic carbocycles. The molecule has 0 spiro atoms. The first-order valence-electron chi connectivity index (χ1n) is 10.9. The largest absolute Gasteiger partial charge is 0.494 e. The van der Waals surface area contributed by atoms with Crippen molar-refractivity contribution in [2.45, 2.75) is 40.2 Å².